The Hall–Kier alpha value is -1.65. The quantitative estimate of drug-likeness (QED) is 0.696. The van der Waals surface area contributed by atoms with E-state index >= 15 is 0 Å². The normalized spacial score (nSPS) is 16.4. The molecule has 0 unspecified atom stereocenters. The van der Waals surface area contributed by atoms with Crippen molar-refractivity contribution < 1.29 is 4.39 Å². The smallest absolute Gasteiger partial charge is 0.148 e. The number of hydrogen-bond donors (Lipinski definition) is 1. The number of nitrogens with zero attached hydrogens (tertiary/aromatic N) is 3. The summed E-state index contributed by atoms with van der Waals surface area (Å²) in [7, 11) is 0. The highest BCUT2D eigenvalue weighted by Gasteiger charge is 2.26. The average Bonchev–Trinajstić information content (AvgIpc) is 2.91. The van der Waals surface area contributed by atoms with Gasteiger partial charge < -0.3 is 5.73 Å². The van der Waals surface area contributed by atoms with Gasteiger partial charge in [0.2, 0.25) is 0 Å². The van der Waals surface area contributed by atoms with Crippen LogP contribution in [0.1, 0.15) is 18.9 Å². The van der Waals surface area contributed by atoms with Crippen molar-refractivity contribution in [2.75, 3.05) is 5.73 Å². The van der Waals surface area contributed by atoms with E-state index in [2.05, 4.69) is 10.3 Å². The van der Waals surface area contributed by atoms with Crippen LogP contribution in [0.5, 0.6) is 0 Å². The summed E-state index contributed by atoms with van der Waals surface area (Å²) in [5.74, 6) is -0.401. The number of aromatic nitrogens is 3. The van der Waals surface area contributed by atoms with Crippen molar-refractivity contribution in [1.82, 2.24) is 15.0 Å². The molecule has 2 aromatic rings. The Morgan fingerprint density at radius 2 is 2.21 bits per heavy atom. The minimum atomic E-state index is -0.401. The lowest BCUT2D eigenvalue weighted by molar-refractivity contribution is 0.618. The van der Waals surface area contributed by atoms with Crippen molar-refractivity contribution in [2.45, 2.75) is 18.9 Å². The molecule has 0 spiro atoms. The van der Waals surface area contributed by atoms with Crippen molar-refractivity contribution in [3.63, 3.8) is 0 Å². The molecule has 1 saturated carbocycles. The second-order valence-electron chi connectivity index (χ2n) is 3.63. The van der Waals surface area contributed by atoms with E-state index in [9.17, 15) is 4.39 Å². The maximum absolute atomic E-state index is 13.2. The number of anilines is 1. The fourth-order valence-corrected chi connectivity index (χ4v) is 1.56. The minimum Gasteiger partial charge on any atom is -0.396 e. The topological polar surface area (TPSA) is 56.7 Å². The van der Waals surface area contributed by atoms with E-state index in [4.69, 9.17) is 5.73 Å². The predicted molar refractivity (Wildman–Crippen MR) is 50.2 cm³/mol. The van der Waals surface area contributed by atoms with Crippen molar-refractivity contribution >= 4 is 16.7 Å². The van der Waals surface area contributed by atoms with Crippen LogP contribution in [0.4, 0.5) is 10.1 Å². The number of rotatable bonds is 1. The van der Waals surface area contributed by atoms with Crippen LogP contribution in [0.25, 0.3) is 11.0 Å². The molecule has 1 aliphatic rings. The predicted octanol–water partition coefficient (Wildman–Crippen LogP) is 1.49. The summed E-state index contributed by atoms with van der Waals surface area (Å²) in [6.07, 6.45) is 2.20. The molecule has 0 radical (unpaired) electrons. The number of halogens is 1. The van der Waals surface area contributed by atoms with Gasteiger partial charge in [0.05, 0.1) is 17.2 Å². The lowest BCUT2D eigenvalue weighted by Gasteiger charge is -1.99. The van der Waals surface area contributed by atoms with Gasteiger partial charge >= 0.3 is 0 Å². The van der Waals surface area contributed by atoms with E-state index in [1.807, 2.05) is 0 Å². The van der Waals surface area contributed by atoms with Gasteiger partial charge in [0.25, 0.3) is 0 Å². The zero-order valence-corrected chi connectivity index (χ0v) is 7.44. The third kappa shape index (κ3) is 0.982. The first-order valence-electron chi connectivity index (χ1n) is 4.55. The van der Waals surface area contributed by atoms with E-state index in [1.165, 1.54) is 12.1 Å². The first-order chi connectivity index (χ1) is 6.75. The largest absolute Gasteiger partial charge is 0.396 e. The van der Waals surface area contributed by atoms with Crippen LogP contribution in [-0.4, -0.2) is 15.0 Å². The van der Waals surface area contributed by atoms with Gasteiger partial charge in [0.15, 0.2) is 0 Å². The molecule has 14 heavy (non-hydrogen) atoms. The molecule has 2 N–H and O–H groups in total. The Balaban J connectivity index is 2.29. The van der Waals surface area contributed by atoms with Crippen LogP contribution < -0.4 is 5.73 Å². The third-order valence-corrected chi connectivity index (χ3v) is 2.48. The Morgan fingerprint density at radius 3 is 2.93 bits per heavy atom. The van der Waals surface area contributed by atoms with E-state index in [1.54, 1.807) is 4.68 Å². The Kier molecular flexibility index (Phi) is 1.34. The highest BCUT2D eigenvalue weighted by atomic mass is 19.1. The lowest BCUT2D eigenvalue weighted by atomic mass is 10.2. The van der Waals surface area contributed by atoms with Gasteiger partial charge in [-0.25, -0.2) is 9.07 Å². The maximum atomic E-state index is 13.2. The fraction of sp³-hybridized carbons (Fsp3) is 0.333. The molecule has 0 saturated heterocycles. The molecule has 5 heteroatoms. The SMILES string of the molecule is Nc1cc2nnn(C3CC3)c2cc1F. The van der Waals surface area contributed by atoms with Crippen molar-refractivity contribution in [3.05, 3.63) is 17.9 Å². The van der Waals surface area contributed by atoms with Crippen LogP contribution in [-0.2, 0) is 0 Å². The number of benzene rings is 1. The molecule has 1 heterocycles. The Morgan fingerprint density at radius 1 is 1.43 bits per heavy atom. The summed E-state index contributed by atoms with van der Waals surface area (Å²) in [4.78, 5) is 0. The molecule has 72 valence electrons. The molecule has 1 aliphatic carbocycles. The van der Waals surface area contributed by atoms with E-state index in [0.717, 1.165) is 18.4 Å². The summed E-state index contributed by atoms with van der Waals surface area (Å²) < 4.78 is 15.0. The minimum absolute atomic E-state index is 0.125. The summed E-state index contributed by atoms with van der Waals surface area (Å²) in [5.41, 5.74) is 6.96. The maximum Gasteiger partial charge on any atom is 0.148 e. The summed E-state index contributed by atoms with van der Waals surface area (Å²) in [6.45, 7) is 0. The van der Waals surface area contributed by atoms with Gasteiger partial charge in [0.1, 0.15) is 11.3 Å². The molecule has 1 fully saturated rings. The molecule has 0 atom stereocenters. The molecule has 0 bridgehead atoms. The molecule has 3 rings (SSSR count). The van der Waals surface area contributed by atoms with Gasteiger partial charge in [-0.1, -0.05) is 5.21 Å². The van der Waals surface area contributed by atoms with Crippen molar-refractivity contribution in [1.29, 1.82) is 0 Å². The van der Waals surface area contributed by atoms with Gasteiger partial charge in [-0.2, -0.15) is 0 Å². The molecule has 1 aromatic carbocycles. The average molecular weight is 192 g/mol. The summed E-state index contributed by atoms with van der Waals surface area (Å²) in [5, 5.41) is 7.93. The first kappa shape index (κ1) is 7.73. The van der Waals surface area contributed by atoms with Crippen LogP contribution in [0.2, 0.25) is 0 Å². The lowest BCUT2D eigenvalue weighted by Crippen LogP contribution is -1.97. The summed E-state index contributed by atoms with van der Waals surface area (Å²) in [6, 6.07) is 3.34. The highest BCUT2D eigenvalue weighted by molar-refractivity contribution is 5.78. The number of nitrogen functional groups attached to an aromatic ring is 1. The Bertz CT molecular complexity index is 501. The van der Waals surface area contributed by atoms with Crippen LogP contribution in [0.3, 0.4) is 0 Å². The molecule has 1 aromatic heterocycles. The number of hydrogen-bond acceptors (Lipinski definition) is 3. The standard InChI is InChI=1S/C9H9FN4/c10-6-3-9-8(4-7(6)11)12-13-14(9)5-1-2-5/h3-5H,1-2,11H2. The molecule has 0 amide bonds. The monoisotopic (exact) mass is 192 g/mol. The second-order valence-corrected chi connectivity index (χ2v) is 3.63. The van der Waals surface area contributed by atoms with E-state index in [0.29, 0.717) is 11.6 Å². The van der Waals surface area contributed by atoms with Crippen molar-refractivity contribution in [2.24, 2.45) is 0 Å². The van der Waals surface area contributed by atoms with Crippen LogP contribution in [0, 0.1) is 5.82 Å². The molecule has 4 nitrogen and oxygen atoms in total. The van der Waals surface area contributed by atoms with Gasteiger partial charge in [-0.3, -0.25) is 0 Å². The van der Waals surface area contributed by atoms with Crippen LogP contribution >= 0.6 is 0 Å². The van der Waals surface area contributed by atoms with Crippen molar-refractivity contribution in [3.8, 4) is 0 Å². The third-order valence-electron chi connectivity index (χ3n) is 2.48. The summed E-state index contributed by atoms with van der Waals surface area (Å²) >= 11 is 0. The molecular formula is C9H9FN4. The molecule has 0 aliphatic heterocycles. The highest BCUT2D eigenvalue weighted by Crippen LogP contribution is 2.36. The number of fused-ring (bicyclic) bond motifs is 1. The fourth-order valence-electron chi connectivity index (χ4n) is 1.56. The van der Waals surface area contributed by atoms with Crippen LogP contribution in [0.15, 0.2) is 12.1 Å². The van der Waals surface area contributed by atoms with Gasteiger partial charge in [-0.15, -0.1) is 5.10 Å². The first-order valence-corrected chi connectivity index (χ1v) is 4.55. The Labute approximate surface area is 79.5 Å². The second kappa shape index (κ2) is 2.43. The van der Waals surface area contributed by atoms with Gasteiger partial charge in [-0.05, 0) is 18.9 Å². The zero-order valence-electron chi connectivity index (χ0n) is 7.44. The van der Waals surface area contributed by atoms with E-state index in [-0.39, 0.29) is 5.69 Å². The number of nitrogens with two attached hydrogens (primary N) is 1. The zero-order chi connectivity index (χ0) is 9.71. The van der Waals surface area contributed by atoms with Gasteiger partial charge in [0, 0.05) is 6.07 Å². The van der Waals surface area contributed by atoms with E-state index < -0.39 is 5.82 Å². The molecular weight excluding hydrogens is 183 g/mol.